The van der Waals surface area contributed by atoms with Gasteiger partial charge < -0.3 is 10.1 Å². The lowest BCUT2D eigenvalue weighted by molar-refractivity contribution is -0.113. The van der Waals surface area contributed by atoms with Crippen LogP contribution >= 0.6 is 23.4 Å². The summed E-state index contributed by atoms with van der Waals surface area (Å²) in [7, 11) is 0. The Morgan fingerprint density at radius 1 is 1.28 bits per heavy atom. The van der Waals surface area contributed by atoms with Crippen LogP contribution in [0.4, 0.5) is 5.82 Å². The van der Waals surface area contributed by atoms with Gasteiger partial charge in [-0.25, -0.2) is 4.68 Å². The second-order valence-electron chi connectivity index (χ2n) is 6.64. The number of anilines is 1. The third-order valence-corrected chi connectivity index (χ3v) is 6.15. The van der Waals surface area contributed by atoms with Gasteiger partial charge in [-0.05, 0) is 48.9 Å². The Morgan fingerprint density at radius 2 is 2.00 bits per heavy atom. The lowest BCUT2D eigenvalue weighted by Gasteiger charge is -2.16. The van der Waals surface area contributed by atoms with Crippen LogP contribution < -0.4 is 10.1 Å². The zero-order valence-corrected chi connectivity index (χ0v) is 17.5. The largest absolute Gasteiger partial charge is 0.490 e. The molecule has 1 aliphatic heterocycles. The van der Waals surface area contributed by atoms with Crippen molar-refractivity contribution >= 4 is 35.1 Å². The van der Waals surface area contributed by atoms with E-state index < -0.39 is 0 Å². The van der Waals surface area contributed by atoms with E-state index in [0.29, 0.717) is 23.2 Å². The first kappa shape index (κ1) is 19.6. The first-order chi connectivity index (χ1) is 14.1. The quantitative estimate of drug-likeness (QED) is 0.572. The number of amides is 1. The molecule has 3 aromatic rings. The van der Waals surface area contributed by atoms with Gasteiger partial charge in [-0.2, -0.15) is 5.10 Å². The highest BCUT2D eigenvalue weighted by atomic mass is 35.5. The van der Waals surface area contributed by atoms with E-state index in [9.17, 15) is 4.79 Å². The number of hydrogen-bond donors (Lipinski definition) is 1. The van der Waals surface area contributed by atoms with Gasteiger partial charge in [0.25, 0.3) is 0 Å². The Kier molecular flexibility index (Phi) is 5.65. The van der Waals surface area contributed by atoms with Crippen molar-refractivity contribution in [2.75, 3.05) is 17.7 Å². The van der Waals surface area contributed by atoms with E-state index in [0.717, 1.165) is 28.3 Å². The van der Waals surface area contributed by atoms with Gasteiger partial charge in [0.15, 0.2) is 0 Å². The topological polar surface area (TPSA) is 56.1 Å². The summed E-state index contributed by atoms with van der Waals surface area (Å²) in [6, 6.07) is 15.4. The number of carbonyl (C=O) groups excluding carboxylic acids is 1. The molecule has 148 valence electrons. The summed E-state index contributed by atoms with van der Waals surface area (Å²) in [5, 5.41) is 8.39. The van der Waals surface area contributed by atoms with Gasteiger partial charge in [0.05, 0.1) is 22.4 Å². The minimum atomic E-state index is -0.0419. The number of ether oxygens (including phenoxy) is 1. The van der Waals surface area contributed by atoms with E-state index in [4.69, 9.17) is 21.4 Å². The fraction of sp³-hybridized carbons (Fsp3) is 0.182. The van der Waals surface area contributed by atoms with E-state index in [1.807, 2.05) is 55.5 Å². The second-order valence-corrected chi connectivity index (χ2v) is 8.17. The highest BCUT2D eigenvalue weighted by molar-refractivity contribution is 8.00. The lowest BCUT2D eigenvalue weighted by atomic mass is 10.0. The minimum Gasteiger partial charge on any atom is -0.490 e. The fourth-order valence-corrected chi connectivity index (χ4v) is 4.62. The van der Waals surface area contributed by atoms with Crippen molar-refractivity contribution in [1.29, 1.82) is 0 Å². The number of aryl methyl sites for hydroxylation is 1. The predicted octanol–water partition coefficient (Wildman–Crippen LogP) is 5.17. The number of thioether (sulfide) groups is 1. The molecule has 0 radical (unpaired) electrons. The van der Waals surface area contributed by atoms with Gasteiger partial charge in [0.1, 0.15) is 18.2 Å². The maximum absolute atomic E-state index is 12.4. The Morgan fingerprint density at radius 3 is 2.69 bits per heavy atom. The molecule has 1 aromatic heterocycles. The molecule has 2 aromatic carbocycles. The molecule has 0 spiro atoms. The molecule has 0 saturated heterocycles. The number of carbonyl (C=O) groups is 1. The molecule has 1 atom stereocenters. The Hall–Kier alpha value is -2.70. The van der Waals surface area contributed by atoms with Crippen LogP contribution in [0.2, 0.25) is 5.02 Å². The van der Waals surface area contributed by atoms with E-state index in [-0.39, 0.29) is 11.2 Å². The number of nitrogens with one attached hydrogen (secondary N) is 1. The molecule has 4 rings (SSSR count). The summed E-state index contributed by atoms with van der Waals surface area (Å²) in [5.74, 6) is 1.82. The molecule has 1 N–H and O–H groups in total. The van der Waals surface area contributed by atoms with Crippen molar-refractivity contribution in [2.24, 2.45) is 0 Å². The van der Waals surface area contributed by atoms with Gasteiger partial charge in [0, 0.05) is 10.6 Å². The smallest absolute Gasteiger partial charge is 0.235 e. The normalized spacial score (nSPS) is 15.9. The average Bonchev–Trinajstić information content (AvgIpc) is 2.93. The number of benzene rings is 2. The summed E-state index contributed by atoms with van der Waals surface area (Å²) in [6.07, 6.45) is 1.72. The molecule has 0 aliphatic carbocycles. The highest BCUT2D eigenvalue weighted by Crippen LogP contribution is 2.44. The van der Waals surface area contributed by atoms with Crippen molar-refractivity contribution in [3.05, 3.63) is 83.0 Å². The SMILES string of the molecule is C=CCOc1ccc([C@@H]2SCC(=O)Nc3c2c(C)nn3-c2ccc(Cl)cc2)cc1. The van der Waals surface area contributed by atoms with Gasteiger partial charge in [-0.1, -0.05) is 36.4 Å². The van der Waals surface area contributed by atoms with Crippen molar-refractivity contribution in [3.63, 3.8) is 0 Å². The first-order valence-electron chi connectivity index (χ1n) is 9.17. The average molecular weight is 426 g/mol. The van der Waals surface area contributed by atoms with E-state index >= 15 is 0 Å². The molecule has 1 aliphatic rings. The van der Waals surface area contributed by atoms with Gasteiger partial charge in [-0.3, -0.25) is 4.79 Å². The Bertz CT molecular complexity index is 1050. The molecule has 0 saturated carbocycles. The molecular weight excluding hydrogens is 406 g/mol. The lowest BCUT2D eigenvalue weighted by Crippen LogP contribution is -2.15. The second kappa shape index (κ2) is 8.35. The number of fused-ring (bicyclic) bond motifs is 1. The zero-order chi connectivity index (χ0) is 20.4. The van der Waals surface area contributed by atoms with Gasteiger partial charge >= 0.3 is 0 Å². The third-order valence-electron chi connectivity index (χ3n) is 4.63. The summed E-state index contributed by atoms with van der Waals surface area (Å²) in [6.45, 7) is 6.10. The van der Waals surface area contributed by atoms with Gasteiger partial charge in [0.2, 0.25) is 5.91 Å². The molecular formula is C22H20ClN3O2S. The maximum Gasteiger partial charge on any atom is 0.235 e. The number of nitrogens with zero attached hydrogens (tertiary/aromatic N) is 2. The van der Waals surface area contributed by atoms with E-state index in [2.05, 4.69) is 11.9 Å². The monoisotopic (exact) mass is 425 g/mol. The summed E-state index contributed by atoms with van der Waals surface area (Å²) in [5.41, 5.74) is 3.83. The van der Waals surface area contributed by atoms with Crippen molar-refractivity contribution < 1.29 is 9.53 Å². The van der Waals surface area contributed by atoms with Crippen LogP contribution in [0.1, 0.15) is 22.1 Å². The van der Waals surface area contributed by atoms with Crippen LogP contribution in [-0.4, -0.2) is 28.0 Å². The first-order valence-corrected chi connectivity index (χ1v) is 10.6. The van der Waals surface area contributed by atoms with Crippen molar-refractivity contribution in [3.8, 4) is 11.4 Å². The van der Waals surface area contributed by atoms with Crippen LogP contribution in [0.5, 0.6) is 5.75 Å². The number of hydrogen-bond acceptors (Lipinski definition) is 4. The van der Waals surface area contributed by atoms with Crippen LogP contribution in [-0.2, 0) is 4.79 Å². The molecule has 2 heterocycles. The van der Waals surface area contributed by atoms with Gasteiger partial charge in [-0.15, -0.1) is 11.8 Å². The van der Waals surface area contributed by atoms with Crippen LogP contribution in [0.15, 0.2) is 61.2 Å². The van der Waals surface area contributed by atoms with E-state index in [1.54, 1.807) is 22.5 Å². The van der Waals surface area contributed by atoms with Crippen LogP contribution in [0.3, 0.4) is 0 Å². The summed E-state index contributed by atoms with van der Waals surface area (Å²) in [4.78, 5) is 12.4. The summed E-state index contributed by atoms with van der Waals surface area (Å²) < 4.78 is 7.36. The molecule has 29 heavy (non-hydrogen) atoms. The third kappa shape index (κ3) is 4.04. The van der Waals surface area contributed by atoms with Crippen LogP contribution in [0, 0.1) is 6.92 Å². The molecule has 0 unspecified atom stereocenters. The number of rotatable bonds is 5. The van der Waals surface area contributed by atoms with Crippen molar-refractivity contribution in [1.82, 2.24) is 9.78 Å². The zero-order valence-electron chi connectivity index (χ0n) is 15.9. The molecule has 0 bridgehead atoms. The number of aromatic nitrogens is 2. The molecule has 7 heteroatoms. The van der Waals surface area contributed by atoms with Crippen LogP contribution in [0.25, 0.3) is 5.69 Å². The molecule has 1 amide bonds. The van der Waals surface area contributed by atoms with Crippen molar-refractivity contribution in [2.45, 2.75) is 12.2 Å². The summed E-state index contributed by atoms with van der Waals surface area (Å²) >= 11 is 7.62. The maximum atomic E-state index is 12.4. The molecule has 5 nitrogen and oxygen atoms in total. The predicted molar refractivity (Wildman–Crippen MR) is 118 cm³/mol. The highest BCUT2D eigenvalue weighted by Gasteiger charge is 2.30. The minimum absolute atomic E-state index is 0.0153. The number of halogens is 1. The fourth-order valence-electron chi connectivity index (χ4n) is 3.31. The van der Waals surface area contributed by atoms with E-state index in [1.165, 1.54) is 0 Å². The Labute approximate surface area is 178 Å². The standard InChI is InChI=1S/C22H20ClN3O2S/c1-3-12-28-18-10-4-15(5-11-18)21-20-14(2)25-26(17-8-6-16(23)7-9-17)22(20)24-19(27)13-29-21/h3-11,21H,1,12-13H2,2H3,(H,24,27)/t21-/m0/s1. The molecule has 0 fully saturated rings. The Balaban J connectivity index is 1.76.